The lowest BCUT2D eigenvalue weighted by molar-refractivity contribution is -0.144. The Morgan fingerprint density at radius 3 is 2.72 bits per heavy atom. The Kier molecular flexibility index (Phi) is 5.59. The molecule has 104 valence electrons. The highest BCUT2D eigenvalue weighted by molar-refractivity contribution is 5.87. The monoisotopic (exact) mass is 256 g/mol. The number of carboxylic acids is 1. The molecule has 0 saturated carbocycles. The van der Waals surface area contributed by atoms with E-state index in [1.807, 2.05) is 13.8 Å². The Hall–Kier alpha value is -1.10. The number of aliphatic carboxylic acids is 1. The van der Waals surface area contributed by atoms with Gasteiger partial charge in [0.15, 0.2) is 0 Å². The molecular weight excluding hydrogens is 232 g/mol. The minimum Gasteiger partial charge on any atom is -0.480 e. The predicted molar refractivity (Wildman–Crippen MR) is 69.3 cm³/mol. The SMILES string of the molecule is CCCCC(NC(=O)C1(C)CCCNC1)C(=O)O. The highest BCUT2D eigenvalue weighted by Crippen LogP contribution is 2.25. The van der Waals surface area contributed by atoms with E-state index in [1.54, 1.807) is 0 Å². The van der Waals surface area contributed by atoms with Crippen LogP contribution in [0.5, 0.6) is 0 Å². The van der Waals surface area contributed by atoms with Crippen LogP contribution in [0.25, 0.3) is 0 Å². The van der Waals surface area contributed by atoms with Crippen molar-refractivity contribution in [2.45, 2.75) is 52.0 Å². The van der Waals surface area contributed by atoms with Gasteiger partial charge in [0, 0.05) is 6.54 Å². The molecule has 1 rings (SSSR count). The van der Waals surface area contributed by atoms with Crippen molar-refractivity contribution in [3.8, 4) is 0 Å². The minimum absolute atomic E-state index is 0.141. The van der Waals surface area contributed by atoms with Gasteiger partial charge in [-0.25, -0.2) is 4.79 Å². The Labute approximate surface area is 108 Å². The predicted octanol–water partition coefficient (Wildman–Crippen LogP) is 1.14. The van der Waals surface area contributed by atoms with E-state index in [2.05, 4.69) is 10.6 Å². The molecule has 3 N–H and O–H groups in total. The number of piperidine rings is 1. The number of hydrogen-bond acceptors (Lipinski definition) is 3. The van der Waals surface area contributed by atoms with Crippen molar-refractivity contribution in [2.75, 3.05) is 13.1 Å². The summed E-state index contributed by atoms with van der Waals surface area (Å²) >= 11 is 0. The van der Waals surface area contributed by atoms with Gasteiger partial charge in [-0.15, -0.1) is 0 Å². The second-order valence-corrected chi connectivity index (χ2v) is 5.35. The number of rotatable bonds is 6. The minimum atomic E-state index is -0.941. The first-order chi connectivity index (χ1) is 8.49. The van der Waals surface area contributed by atoms with E-state index in [-0.39, 0.29) is 5.91 Å². The maximum Gasteiger partial charge on any atom is 0.326 e. The lowest BCUT2D eigenvalue weighted by Gasteiger charge is -2.33. The lowest BCUT2D eigenvalue weighted by atomic mass is 9.81. The van der Waals surface area contributed by atoms with Crippen molar-refractivity contribution in [1.82, 2.24) is 10.6 Å². The highest BCUT2D eigenvalue weighted by atomic mass is 16.4. The van der Waals surface area contributed by atoms with E-state index in [0.717, 1.165) is 32.2 Å². The van der Waals surface area contributed by atoms with E-state index in [9.17, 15) is 9.59 Å². The van der Waals surface area contributed by atoms with Crippen LogP contribution in [0.1, 0.15) is 46.0 Å². The molecule has 1 aliphatic heterocycles. The molecule has 5 nitrogen and oxygen atoms in total. The number of nitrogens with one attached hydrogen (secondary N) is 2. The Bertz CT molecular complexity index is 299. The summed E-state index contributed by atoms with van der Waals surface area (Å²) in [6, 6.07) is -0.754. The van der Waals surface area contributed by atoms with Crippen LogP contribution in [0, 0.1) is 5.41 Å². The number of hydrogen-bond donors (Lipinski definition) is 3. The molecule has 1 saturated heterocycles. The summed E-state index contributed by atoms with van der Waals surface area (Å²) in [5, 5.41) is 15.0. The Morgan fingerprint density at radius 2 is 2.22 bits per heavy atom. The third-order valence-electron chi connectivity index (χ3n) is 3.60. The van der Waals surface area contributed by atoms with Crippen LogP contribution < -0.4 is 10.6 Å². The summed E-state index contributed by atoms with van der Waals surface area (Å²) < 4.78 is 0. The summed E-state index contributed by atoms with van der Waals surface area (Å²) in [5.41, 5.74) is -0.474. The number of amides is 1. The average molecular weight is 256 g/mol. The Balaban J connectivity index is 2.56. The zero-order chi connectivity index (χ0) is 13.6. The Morgan fingerprint density at radius 1 is 1.50 bits per heavy atom. The maximum absolute atomic E-state index is 12.2. The standard InChI is InChI=1S/C13H24N2O3/c1-3-4-6-10(11(16)17)15-12(18)13(2)7-5-8-14-9-13/h10,14H,3-9H2,1-2H3,(H,15,18)(H,16,17). The molecule has 0 spiro atoms. The quantitative estimate of drug-likeness (QED) is 0.666. The first-order valence-electron chi connectivity index (χ1n) is 6.74. The van der Waals surface area contributed by atoms with Gasteiger partial charge >= 0.3 is 5.97 Å². The number of carbonyl (C=O) groups is 2. The lowest BCUT2D eigenvalue weighted by Crippen LogP contribution is -2.52. The highest BCUT2D eigenvalue weighted by Gasteiger charge is 2.36. The molecule has 2 atom stereocenters. The van der Waals surface area contributed by atoms with E-state index in [1.165, 1.54) is 0 Å². The van der Waals surface area contributed by atoms with Crippen molar-refractivity contribution < 1.29 is 14.7 Å². The zero-order valence-corrected chi connectivity index (χ0v) is 11.3. The van der Waals surface area contributed by atoms with Crippen LogP contribution in [-0.2, 0) is 9.59 Å². The number of unbranched alkanes of at least 4 members (excludes halogenated alkanes) is 1. The molecule has 0 aromatic heterocycles. The average Bonchev–Trinajstić information content (AvgIpc) is 2.34. The van der Waals surface area contributed by atoms with Gasteiger partial charge in [0.25, 0.3) is 0 Å². The number of carbonyl (C=O) groups excluding carboxylic acids is 1. The molecule has 2 unspecified atom stereocenters. The van der Waals surface area contributed by atoms with E-state index in [4.69, 9.17) is 5.11 Å². The molecule has 18 heavy (non-hydrogen) atoms. The third-order valence-corrected chi connectivity index (χ3v) is 3.60. The zero-order valence-electron chi connectivity index (χ0n) is 11.3. The van der Waals surface area contributed by atoms with Gasteiger partial charge in [-0.05, 0) is 32.7 Å². The molecule has 0 aliphatic carbocycles. The molecule has 0 aromatic rings. The normalized spacial score (nSPS) is 25.4. The van der Waals surface area contributed by atoms with Crippen molar-refractivity contribution >= 4 is 11.9 Å². The number of carboxylic acid groups (broad SMARTS) is 1. The molecule has 1 amide bonds. The van der Waals surface area contributed by atoms with Crippen molar-refractivity contribution in [3.05, 3.63) is 0 Å². The first kappa shape index (κ1) is 15.0. The van der Waals surface area contributed by atoms with Crippen LogP contribution in [0.4, 0.5) is 0 Å². The van der Waals surface area contributed by atoms with E-state index in [0.29, 0.717) is 13.0 Å². The fraction of sp³-hybridized carbons (Fsp3) is 0.846. The van der Waals surface area contributed by atoms with Crippen LogP contribution in [0.2, 0.25) is 0 Å². The second-order valence-electron chi connectivity index (χ2n) is 5.35. The maximum atomic E-state index is 12.2. The molecular formula is C13H24N2O3. The smallest absolute Gasteiger partial charge is 0.326 e. The van der Waals surface area contributed by atoms with E-state index >= 15 is 0 Å². The third kappa shape index (κ3) is 3.98. The van der Waals surface area contributed by atoms with Gasteiger partial charge in [-0.3, -0.25) is 4.79 Å². The molecule has 0 aromatic carbocycles. The molecule has 1 aliphatic rings. The van der Waals surface area contributed by atoms with Crippen LogP contribution in [-0.4, -0.2) is 36.1 Å². The van der Waals surface area contributed by atoms with Crippen molar-refractivity contribution in [1.29, 1.82) is 0 Å². The van der Waals surface area contributed by atoms with Crippen LogP contribution >= 0.6 is 0 Å². The molecule has 1 fully saturated rings. The summed E-state index contributed by atoms with van der Waals surface area (Å²) in [5.74, 6) is -1.08. The summed E-state index contributed by atoms with van der Waals surface area (Å²) in [4.78, 5) is 23.3. The first-order valence-corrected chi connectivity index (χ1v) is 6.74. The molecule has 0 radical (unpaired) electrons. The van der Waals surface area contributed by atoms with Crippen molar-refractivity contribution in [2.24, 2.45) is 5.41 Å². The summed E-state index contributed by atoms with van der Waals surface area (Å²) in [7, 11) is 0. The molecule has 0 bridgehead atoms. The van der Waals surface area contributed by atoms with Crippen molar-refractivity contribution in [3.63, 3.8) is 0 Å². The van der Waals surface area contributed by atoms with Gasteiger partial charge in [0.2, 0.25) is 5.91 Å². The molecule has 5 heteroatoms. The van der Waals surface area contributed by atoms with Gasteiger partial charge in [0.1, 0.15) is 6.04 Å². The van der Waals surface area contributed by atoms with Gasteiger partial charge in [-0.1, -0.05) is 19.8 Å². The van der Waals surface area contributed by atoms with Gasteiger partial charge in [-0.2, -0.15) is 0 Å². The topological polar surface area (TPSA) is 78.4 Å². The summed E-state index contributed by atoms with van der Waals surface area (Å²) in [6.07, 6.45) is 4.01. The van der Waals surface area contributed by atoms with Gasteiger partial charge in [0.05, 0.1) is 5.41 Å². The fourth-order valence-electron chi connectivity index (χ4n) is 2.25. The van der Waals surface area contributed by atoms with Gasteiger partial charge < -0.3 is 15.7 Å². The van der Waals surface area contributed by atoms with Crippen LogP contribution in [0.15, 0.2) is 0 Å². The fourth-order valence-corrected chi connectivity index (χ4v) is 2.25. The summed E-state index contributed by atoms with van der Waals surface area (Å²) in [6.45, 7) is 5.46. The second kappa shape index (κ2) is 6.73. The largest absolute Gasteiger partial charge is 0.480 e. The van der Waals surface area contributed by atoms with E-state index < -0.39 is 17.4 Å². The van der Waals surface area contributed by atoms with Crippen LogP contribution in [0.3, 0.4) is 0 Å². The molecule has 1 heterocycles.